The Balaban J connectivity index is 1.71. The Kier molecular flexibility index (Phi) is 5.46. The molecule has 1 aliphatic carbocycles. The van der Waals surface area contributed by atoms with E-state index in [2.05, 4.69) is 17.6 Å². The Morgan fingerprint density at radius 2 is 1.92 bits per heavy atom. The smallest absolute Gasteiger partial charge is 0.319 e. The number of carbonyl (C=O) groups is 2. The Labute approximate surface area is 148 Å². The van der Waals surface area contributed by atoms with Crippen LogP contribution in [0.5, 0.6) is 5.75 Å². The molecule has 2 unspecified atom stereocenters. The molecule has 1 saturated carbocycles. The SMILES string of the molecule is COc1ccc(C(=O)N2CCCC2)cc1NC(=O)NC1CCCC1C. The molecule has 2 aliphatic rings. The van der Waals surface area contributed by atoms with Crippen molar-refractivity contribution >= 4 is 17.6 Å². The number of methoxy groups -OCH3 is 1. The predicted molar refractivity (Wildman–Crippen MR) is 97.1 cm³/mol. The largest absolute Gasteiger partial charge is 0.495 e. The monoisotopic (exact) mass is 345 g/mol. The van der Waals surface area contributed by atoms with Crippen LogP contribution in [0, 0.1) is 5.92 Å². The van der Waals surface area contributed by atoms with Gasteiger partial charge in [-0.2, -0.15) is 0 Å². The lowest BCUT2D eigenvalue weighted by molar-refractivity contribution is 0.0793. The molecule has 1 saturated heterocycles. The summed E-state index contributed by atoms with van der Waals surface area (Å²) < 4.78 is 5.33. The van der Waals surface area contributed by atoms with E-state index in [1.165, 1.54) is 0 Å². The fourth-order valence-corrected chi connectivity index (χ4v) is 3.73. The molecule has 3 amide bonds. The van der Waals surface area contributed by atoms with Gasteiger partial charge in [-0.05, 0) is 49.8 Å². The zero-order valence-corrected chi connectivity index (χ0v) is 15.0. The van der Waals surface area contributed by atoms with Gasteiger partial charge in [-0.3, -0.25) is 4.79 Å². The summed E-state index contributed by atoms with van der Waals surface area (Å²) in [6, 6.07) is 5.15. The van der Waals surface area contributed by atoms with Crippen molar-refractivity contribution in [3.05, 3.63) is 23.8 Å². The summed E-state index contributed by atoms with van der Waals surface area (Å²) in [4.78, 5) is 26.8. The number of nitrogens with one attached hydrogen (secondary N) is 2. The molecule has 0 aromatic heterocycles. The van der Waals surface area contributed by atoms with E-state index in [1.54, 1.807) is 25.3 Å². The molecule has 0 radical (unpaired) electrons. The maximum Gasteiger partial charge on any atom is 0.319 e. The average Bonchev–Trinajstić information content (AvgIpc) is 3.27. The minimum absolute atomic E-state index is 0.00743. The molecule has 136 valence electrons. The van der Waals surface area contributed by atoms with Crippen molar-refractivity contribution in [2.45, 2.75) is 45.1 Å². The molecule has 0 spiro atoms. The lowest BCUT2D eigenvalue weighted by Gasteiger charge is -2.19. The molecular weight excluding hydrogens is 318 g/mol. The zero-order valence-electron chi connectivity index (χ0n) is 15.0. The Morgan fingerprint density at radius 1 is 1.16 bits per heavy atom. The number of benzene rings is 1. The van der Waals surface area contributed by atoms with E-state index < -0.39 is 0 Å². The highest BCUT2D eigenvalue weighted by atomic mass is 16.5. The molecule has 6 nitrogen and oxygen atoms in total. The van der Waals surface area contributed by atoms with Crippen LogP contribution in [0.3, 0.4) is 0 Å². The maximum absolute atomic E-state index is 12.6. The van der Waals surface area contributed by atoms with E-state index in [4.69, 9.17) is 4.74 Å². The van der Waals surface area contributed by atoms with E-state index in [0.717, 1.165) is 45.2 Å². The number of amides is 3. The third-order valence-electron chi connectivity index (χ3n) is 5.27. The van der Waals surface area contributed by atoms with Gasteiger partial charge >= 0.3 is 6.03 Å². The van der Waals surface area contributed by atoms with Crippen LogP contribution in [0.15, 0.2) is 18.2 Å². The summed E-state index contributed by atoms with van der Waals surface area (Å²) in [7, 11) is 1.55. The summed E-state index contributed by atoms with van der Waals surface area (Å²) in [5, 5.41) is 5.88. The van der Waals surface area contributed by atoms with Crippen molar-refractivity contribution in [1.82, 2.24) is 10.2 Å². The molecule has 6 heteroatoms. The van der Waals surface area contributed by atoms with Gasteiger partial charge < -0.3 is 20.3 Å². The third kappa shape index (κ3) is 4.06. The quantitative estimate of drug-likeness (QED) is 0.880. The van der Waals surface area contributed by atoms with Crippen LogP contribution in [-0.2, 0) is 0 Å². The Bertz CT molecular complexity index is 641. The van der Waals surface area contributed by atoms with Crippen LogP contribution in [0.25, 0.3) is 0 Å². The number of likely N-dealkylation sites (tertiary alicyclic amines) is 1. The van der Waals surface area contributed by atoms with Gasteiger partial charge in [0.2, 0.25) is 0 Å². The van der Waals surface area contributed by atoms with Gasteiger partial charge in [0.1, 0.15) is 5.75 Å². The molecule has 25 heavy (non-hydrogen) atoms. The van der Waals surface area contributed by atoms with Crippen molar-refractivity contribution in [2.24, 2.45) is 5.92 Å². The summed E-state index contributed by atoms with van der Waals surface area (Å²) in [5.41, 5.74) is 1.10. The normalized spacial score (nSPS) is 22.7. The van der Waals surface area contributed by atoms with Crippen LogP contribution >= 0.6 is 0 Å². The van der Waals surface area contributed by atoms with Crippen LogP contribution in [0.4, 0.5) is 10.5 Å². The number of ether oxygens (including phenoxy) is 1. The second-order valence-electron chi connectivity index (χ2n) is 7.03. The van der Waals surface area contributed by atoms with Crippen LogP contribution in [0.1, 0.15) is 49.4 Å². The predicted octanol–water partition coefficient (Wildman–Crippen LogP) is 3.24. The first-order valence-electron chi connectivity index (χ1n) is 9.13. The first-order chi connectivity index (χ1) is 12.1. The molecule has 3 rings (SSSR count). The minimum atomic E-state index is -0.247. The fraction of sp³-hybridized carbons (Fsp3) is 0.579. The summed E-state index contributed by atoms with van der Waals surface area (Å²) >= 11 is 0. The Morgan fingerprint density at radius 3 is 2.56 bits per heavy atom. The molecule has 0 bridgehead atoms. The first kappa shape index (κ1) is 17.6. The minimum Gasteiger partial charge on any atom is -0.495 e. The van der Waals surface area contributed by atoms with E-state index in [0.29, 0.717) is 22.9 Å². The fourth-order valence-electron chi connectivity index (χ4n) is 3.73. The molecule has 1 heterocycles. The average molecular weight is 345 g/mol. The Hall–Kier alpha value is -2.24. The number of carbonyl (C=O) groups excluding carboxylic acids is 2. The second kappa shape index (κ2) is 7.76. The van der Waals surface area contributed by atoms with Gasteiger partial charge in [-0.1, -0.05) is 13.3 Å². The number of nitrogens with zero attached hydrogens (tertiary/aromatic N) is 1. The number of urea groups is 1. The summed E-state index contributed by atoms with van der Waals surface area (Å²) in [6.45, 7) is 3.76. The van der Waals surface area contributed by atoms with E-state index >= 15 is 0 Å². The van der Waals surface area contributed by atoms with Gasteiger partial charge in [0, 0.05) is 24.7 Å². The molecule has 2 fully saturated rings. The lowest BCUT2D eigenvalue weighted by atomic mass is 10.1. The standard InChI is InChI=1S/C19H27N3O3/c1-13-6-5-7-15(13)20-19(24)21-16-12-14(8-9-17(16)25-2)18(23)22-10-3-4-11-22/h8-9,12-13,15H,3-7,10-11H2,1-2H3,(H2,20,21,24). The van der Waals surface area contributed by atoms with Crippen molar-refractivity contribution in [2.75, 3.05) is 25.5 Å². The van der Waals surface area contributed by atoms with Gasteiger partial charge in [-0.25, -0.2) is 4.79 Å². The van der Waals surface area contributed by atoms with Gasteiger partial charge in [-0.15, -0.1) is 0 Å². The van der Waals surface area contributed by atoms with Crippen molar-refractivity contribution < 1.29 is 14.3 Å². The van der Waals surface area contributed by atoms with E-state index in [-0.39, 0.29) is 18.0 Å². The second-order valence-corrected chi connectivity index (χ2v) is 7.03. The number of hydrogen-bond donors (Lipinski definition) is 2. The highest BCUT2D eigenvalue weighted by molar-refractivity contribution is 5.98. The molecule has 2 atom stereocenters. The first-order valence-corrected chi connectivity index (χ1v) is 9.13. The molecule has 1 aromatic rings. The summed E-state index contributed by atoms with van der Waals surface area (Å²) in [6.07, 6.45) is 5.41. The number of rotatable bonds is 4. The van der Waals surface area contributed by atoms with Crippen molar-refractivity contribution in [3.8, 4) is 5.75 Å². The zero-order chi connectivity index (χ0) is 17.8. The molecular formula is C19H27N3O3. The van der Waals surface area contributed by atoms with Gasteiger partial charge in [0.15, 0.2) is 0 Å². The molecule has 2 N–H and O–H groups in total. The molecule has 1 aliphatic heterocycles. The van der Waals surface area contributed by atoms with Crippen LogP contribution < -0.4 is 15.4 Å². The van der Waals surface area contributed by atoms with E-state index in [1.807, 2.05) is 4.90 Å². The maximum atomic E-state index is 12.6. The van der Waals surface area contributed by atoms with Crippen molar-refractivity contribution in [1.29, 1.82) is 0 Å². The molecule has 1 aromatic carbocycles. The lowest BCUT2D eigenvalue weighted by Crippen LogP contribution is -2.39. The van der Waals surface area contributed by atoms with Gasteiger partial charge in [0.25, 0.3) is 5.91 Å². The van der Waals surface area contributed by atoms with Gasteiger partial charge in [0.05, 0.1) is 12.8 Å². The van der Waals surface area contributed by atoms with Crippen LogP contribution in [-0.4, -0.2) is 43.1 Å². The summed E-state index contributed by atoms with van der Waals surface area (Å²) in [5.74, 6) is 1.05. The highest BCUT2D eigenvalue weighted by Crippen LogP contribution is 2.28. The topological polar surface area (TPSA) is 70.7 Å². The van der Waals surface area contributed by atoms with Crippen LogP contribution in [0.2, 0.25) is 0 Å². The van der Waals surface area contributed by atoms with E-state index in [9.17, 15) is 9.59 Å². The number of anilines is 1. The third-order valence-corrected chi connectivity index (χ3v) is 5.27. The number of hydrogen-bond acceptors (Lipinski definition) is 3. The van der Waals surface area contributed by atoms with Crippen molar-refractivity contribution in [3.63, 3.8) is 0 Å². The highest BCUT2D eigenvalue weighted by Gasteiger charge is 2.25.